The molecule has 0 aliphatic heterocycles. The zero-order valence-corrected chi connectivity index (χ0v) is 23.5. The van der Waals surface area contributed by atoms with Gasteiger partial charge in [0.25, 0.3) is 0 Å². The van der Waals surface area contributed by atoms with Gasteiger partial charge in [0.1, 0.15) is 11.8 Å². The van der Waals surface area contributed by atoms with Gasteiger partial charge in [-0.05, 0) is 36.8 Å². The largest absolute Gasteiger partial charge is 0.493 e. The van der Waals surface area contributed by atoms with Crippen molar-refractivity contribution in [2.45, 2.75) is 25.8 Å². The van der Waals surface area contributed by atoms with Crippen molar-refractivity contribution >= 4 is 33.9 Å². The molecule has 39 heavy (non-hydrogen) atoms. The molecule has 202 valence electrons. The molecule has 3 aromatic carbocycles. The van der Waals surface area contributed by atoms with Crippen LogP contribution in [0.3, 0.4) is 0 Å². The van der Waals surface area contributed by atoms with Crippen LogP contribution in [0.1, 0.15) is 32.1 Å². The van der Waals surface area contributed by atoms with Crippen LogP contribution in [0.15, 0.2) is 78.9 Å². The van der Waals surface area contributed by atoms with E-state index in [0.717, 1.165) is 28.6 Å². The van der Waals surface area contributed by atoms with Gasteiger partial charge in [-0.15, -0.1) is 11.3 Å². The lowest BCUT2D eigenvalue weighted by Gasteiger charge is -2.20. The third-order valence-corrected chi connectivity index (χ3v) is 7.44. The molecule has 0 saturated heterocycles. The molecule has 1 atom stereocenters. The highest BCUT2D eigenvalue weighted by molar-refractivity contribution is 7.15. The number of methoxy groups -OCH3 is 1. The maximum absolute atomic E-state index is 13.1. The first kappa shape index (κ1) is 27.9. The maximum Gasteiger partial charge on any atom is 0.328 e. The van der Waals surface area contributed by atoms with Gasteiger partial charge in [0.15, 0.2) is 10.9 Å². The number of thiazole rings is 1. The second kappa shape index (κ2) is 13.1. The van der Waals surface area contributed by atoms with E-state index in [2.05, 4.69) is 17.2 Å². The molecule has 0 amide bonds. The summed E-state index contributed by atoms with van der Waals surface area (Å²) in [6, 6.07) is 23.3. The molecule has 0 aliphatic carbocycles. The fraction of sp³-hybridized carbons (Fsp3) is 0.258. The van der Waals surface area contributed by atoms with Crippen molar-refractivity contribution in [3.8, 4) is 5.75 Å². The number of nitrogens with zero attached hydrogens (tertiary/aromatic N) is 2. The third kappa shape index (κ3) is 7.23. The Kier molecular flexibility index (Phi) is 9.33. The highest BCUT2D eigenvalue weighted by atomic mass is 32.1. The van der Waals surface area contributed by atoms with E-state index in [1.165, 1.54) is 12.0 Å². The van der Waals surface area contributed by atoms with Gasteiger partial charge >= 0.3 is 5.97 Å². The number of anilines is 2. The molecule has 7 nitrogen and oxygen atoms in total. The van der Waals surface area contributed by atoms with Crippen molar-refractivity contribution < 1.29 is 19.1 Å². The van der Waals surface area contributed by atoms with E-state index in [1.807, 2.05) is 73.6 Å². The van der Waals surface area contributed by atoms with E-state index >= 15 is 0 Å². The lowest BCUT2D eigenvalue weighted by Crippen LogP contribution is -2.33. The molecule has 1 heterocycles. The molecule has 1 N–H and O–H groups in total. The quantitative estimate of drug-likeness (QED) is 0.185. The number of carbonyl (C=O) groups excluding carboxylic acids is 2. The van der Waals surface area contributed by atoms with E-state index in [1.54, 1.807) is 35.6 Å². The number of ketones is 1. The smallest absolute Gasteiger partial charge is 0.328 e. The van der Waals surface area contributed by atoms with E-state index in [-0.39, 0.29) is 5.78 Å². The number of aryl methyl sites for hydroxylation is 1. The standard InChI is InChI=1S/C31H33N3O4S/c1-21-26(33-31(39-21)34(2)3)18-19-38-24-16-14-22(15-17-24)20-28(30(36)37-4)32-27-13-9-8-12-25(27)29(35)23-10-6-5-7-11-23/h5-17,28,32H,18-20H2,1-4H3/t28-/m0/s1. The molecule has 0 fully saturated rings. The molecule has 0 aliphatic rings. The first-order valence-corrected chi connectivity index (χ1v) is 13.6. The fourth-order valence-electron chi connectivity index (χ4n) is 4.13. The Morgan fingerprint density at radius 3 is 2.33 bits per heavy atom. The molecule has 0 unspecified atom stereocenters. The van der Waals surface area contributed by atoms with Gasteiger partial charge in [0.05, 0.1) is 19.4 Å². The number of hydrogen-bond donors (Lipinski definition) is 1. The highest BCUT2D eigenvalue weighted by Crippen LogP contribution is 2.25. The van der Waals surface area contributed by atoms with E-state index in [4.69, 9.17) is 9.47 Å². The SMILES string of the molecule is COC(=O)[C@H](Cc1ccc(OCCc2nc(N(C)C)sc2C)cc1)Nc1ccccc1C(=O)c1ccccc1. The predicted molar refractivity (Wildman–Crippen MR) is 156 cm³/mol. The van der Waals surface area contributed by atoms with Crippen LogP contribution in [0.25, 0.3) is 0 Å². The summed E-state index contributed by atoms with van der Waals surface area (Å²) in [4.78, 5) is 33.7. The minimum Gasteiger partial charge on any atom is -0.493 e. The molecule has 8 heteroatoms. The number of para-hydroxylation sites is 1. The molecule has 0 saturated carbocycles. The minimum atomic E-state index is -0.676. The fourth-order valence-corrected chi connectivity index (χ4v) is 5.01. The van der Waals surface area contributed by atoms with E-state index in [0.29, 0.717) is 29.8 Å². The Balaban J connectivity index is 1.41. The first-order chi connectivity index (χ1) is 18.9. The van der Waals surface area contributed by atoms with Crippen molar-refractivity contribution in [3.05, 3.63) is 106 Å². The van der Waals surface area contributed by atoms with E-state index in [9.17, 15) is 9.59 Å². The zero-order valence-electron chi connectivity index (χ0n) is 22.6. The van der Waals surface area contributed by atoms with Crippen LogP contribution in [0.4, 0.5) is 10.8 Å². The third-order valence-electron chi connectivity index (χ3n) is 6.26. The second-order valence-electron chi connectivity index (χ2n) is 9.30. The van der Waals surface area contributed by atoms with Crippen molar-refractivity contribution in [1.29, 1.82) is 0 Å². The Labute approximate surface area is 233 Å². The summed E-state index contributed by atoms with van der Waals surface area (Å²) in [5.41, 5.74) is 3.65. The first-order valence-electron chi connectivity index (χ1n) is 12.7. The monoisotopic (exact) mass is 543 g/mol. The number of benzene rings is 3. The molecule has 4 rings (SSSR count). The summed E-state index contributed by atoms with van der Waals surface area (Å²) in [5.74, 6) is 0.225. The van der Waals surface area contributed by atoms with Crippen molar-refractivity contribution in [3.63, 3.8) is 0 Å². The molecule has 1 aromatic heterocycles. The van der Waals surface area contributed by atoms with Crippen LogP contribution in [0, 0.1) is 6.92 Å². The van der Waals surface area contributed by atoms with Crippen molar-refractivity contribution in [2.24, 2.45) is 0 Å². The molecule has 0 radical (unpaired) electrons. The summed E-state index contributed by atoms with van der Waals surface area (Å²) < 4.78 is 11.0. The molecule has 4 aromatic rings. The van der Waals surface area contributed by atoms with Gasteiger partial charge in [-0.3, -0.25) is 4.79 Å². The van der Waals surface area contributed by atoms with Gasteiger partial charge in [0, 0.05) is 48.6 Å². The second-order valence-corrected chi connectivity index (χ2v) is 10.5. The van der Waals surface area contributed by atoms with Crippen LogP contribution < -0.4 is 15.0 Å². The van der Waals surface area contributed by atoms with Crippen molar-refractivity contribution in [2.75, 3.05) is 38.0 Å². The number of ether oxygens (including phenoxy) is 2. The highest BCUT2D eigenvalue weighted by Gasteiger charge is 2.22. The number of nitrogens with one attached hydrogen (secondary N) is 1. The number of hydrogen-bond acceptors (Lipinski definition) is 8. The molecule has 0 bridgehead atoms. The average molecular weight is 544 g/mol. The van der Waals surface area contributed by atoms with Crippen LogP contribution in [0.2, 0.25) is 0 Å². The van der Waals surface area contributed by atoms with Crippen LogP contribution >= 0.6 is 11.3 Å². The molecule has 0 spiro atoms. The number of rotatable bonds is 12. The Morgan fingerprint density at radius 2 is 1.67 bits per heavy atom. The van der Waals surface area contributed by atoms with Gasteiger partial charge in [-0.1, -0.05) is 54.6 Å². The van der Waals surface area contributed by atoms with Gasteiger partial charge < -0.3 is 19.7 Å². The van der Waals surface area contributed by atoms with Gasteiger partial charge in [0.2, 0.25) is 0 Å². The summed E-state index contributed by atoms with van der Waals surface area (Å²) in [5, 5.41) is 4.24. The zero-order chi connectivity index (χ0) is 27.8. The van der Waals surface area contributed by atoms with Gasteiger partial charge in [-0.2, -0.15) is 0 Å². The lowest BCUT2D eigenvalue weighted by atomic mass is 10.00. The van der Waals surface area contributed by atoms with E-state index < -0.39 is 12.0 Å². The molecular weight excluding hydrogens is 510 g/mol. The lowest BCUT2D eigenvalue weighted by molar-refractivity contribution is -0.141. The maximum atomic E-state index is 13.1. The number of carbonyl (C=O) groups is 2. The summed E-state index contributed by atoms with van der Waals surface area (Å²) in [7, 11) is 5.34. The minimum absolute atomic E-state index is 0.116. The number of aromatic nitrogens is 1. The predicted octanol–water partition coefficient (Wildman–Crippen LogP) is 5.57. The summed E-state index contributed by atoms with van der Waals surface area (Å²) >= 11 is 1.68. The Morgan fingerprint density at radius 1 is 0.974 bits per heavy atom. The normalized spacial score (nSPS) is 11.5. The van der Waals surface area contributed by atoms with Crippen LogP contribution in [-0.4, -0.2) is 50.6 Å². The number of esters is 1. The molecular formula is C31H33N3O4S. The Hall–Kier alpha value is -4.17. The van der Waals surface area contributed by atoms with Crippen LogP contribution in [-0.2, 0) is 22.4 Å². The summed E-state index contributed by atoms with van der Waals surface area (Å²) in [6.45, 7) is 2.60. The summed E-state index contributed by atoms with van der Waals surface area (Å²) in [6.07, 6.45) is 1.11. The average Bonchev–Trinajstić information content (AvgIpc) is 3.34. The topological polar surface area (TPSA) is 80.8 Å². The van der Waals surface area contributed by atoms with Gasteiger partial charge in [-0.25, -0.2) is 9.78 Å². The van der Waals surface area contributed by atoms with Crippen LogP contribution in [0.5, 0.6) is 5.75 Å². The van der Waals surface area contributed by atoms with Crippen molar-refractivity contribution in [1.82, 2.24) is 4.98 Å². The Bertz CT molecular complexity index is 1400.